The number of carboxylic acids is 1. The zero-order chi connectivity index (χ0) is 24.0. The van der Waals surface area contributed by atoms with Crippen LogP contribution in [-0.2, 0) is 14.3 Å². The normalized spacial score (nSPS) is 13.5. The molecule has 0 heterocycles. The Labute approximate surface area is 198 Å². The fraction of sp³-hybridized carbons (Fsp3) is 0.400. The minimum Gasteiger partial charge on any atom is -0.481 e. The quantitative estimate of drug-likeness (QED) is 0.481. The van der Waals surface area contributed by atoms with E-state index in [-0.39, 0.29) is 24.2 Å². The number of alkyl carbamates (subject to hydrolysis) is 1. The molecule has 176 valence electrons. The first-order valence-corrected chi connectivity index (χ1v) is 12.0. The molecule has 0 spiro atoms. The van der Waals surface area contributed by atoms with Gasteiger partial charge in [0.25, 0.3) is 0 Å². The SMILES string of the molecule is CC(C)(C)[C@H](NC(=O)OCC1c2ccccc2-c2ccccc21)C(=O)NCCSCC(=O)O. The molecular weight excluding hydrogens is 440 g/mol. The van der Waals surface area contributed by atoms with Crippen molar-refractivity contribution in [2.45, 2.75) is 32.7 Å². The van der Waals surface area contributed by atoms with Crippen LogP contribution in [0.4, 0.5) is 4.79 Å². The van der Waals surface area contributed by atoms with Crippen LogP contribution in [0.5, 0.6) is 0 Å². The Hall–Kier alpha value is -3.00. The predicted octanol–water partition coefficient (Wildman–Crippen LogP) is 3.87. The van der Waals surface area contributed by atoms with Crippen LogP contribution in [0.15, 0.2) is 48.5 Å². The first-order valence-electron chi connectivity index (χ1n) is 10.9. The van der Waals surface area contributed by atoms with Crippen molar-refractivity contribution < 1.29 is 24.2 Å². The molecule has 2 amide bonds. The fourth-order valence-electron chi connectivity index (χ4n) is 3.94. The Morgan fingerprint density at radius 3 is 2.15 bits per heavy atom. The summed E-state index contributed by atoms with van der Waals surface area (Å²) in [5, 5.41) is 14.2. The van der Waals surface area contributed by atoms with Gasteiger partial charge in [-0.1, -0.05) is 69.3 Å². The molecule has 0 saturated carbocycles. The van der Waals surface area contributed by atoms with Gasteiger partial charge in [0.15, 0.2) is 0 Å². The molecule has 3 rings (SSSR count). The molecule has 2 aromatic rings. The molecule has 2 aromatic carbocycles. The number of amides is 2. The maximum absolute atomic E-state index is 12.7. The predicted molar refractivity (Wildman–Crippen MR) is 129 cm³/mol. The summed E-state index contributed by atoms with van der Waals surface area (Å²) in [5.74, 6) is -0.824. The number of carbonyl (C=O) groups excluding carboxylic acids is 2. The molecule has 0 unspecified atom stereocenters. The first kappa shape index (κ1) is 24.6. The summed E-state index contributed by atoms with van der Waals surface area (Å²) in [6.07, 6.45) is -0.646. The first-order chi connectivity index (χ1) is 15.7. The summed E-state index contributed by atoms with van der Waals surface area (Å²) in [4.78, 5) is 35.9. The second kappa shape index (κ2) is 10.7. The minimum atomic E-state index is -0.893. The maximum Gasteiger partial charge on any atom is 0.407 e. The van der Waals surface area contributed by atoms with E-state index in [1.807, 2.05) is 45.0 Å². The van der Waals surface area contributed by atoms with E-state index in [4.69, 9.17) is 9.84 Å². The lowest BCUT2D eigenvalue weighted by atomic mass is 9.86. The van der Waals surface area contributed by atoms with Crippen molar-refractivity contribution in [1.29, 1.82) is 0 Å². The number of rotatable bonds is 9. The third-order valence-corrected chi connectivity index (χ3v) is 6.45. The van der Waals surface area contributed by atoms with E-state index in [0.717, 1.165) is 22.3 Å². The highest BCUT2D eigenvalue weighted by molar-refractivity contribution is 7.99. The molecule has 0 aliphatic heterocycles. The van der Waals surface area contributed by atoms with Gasteiger partial charge in [-0.2, -0.15) is 0 Å². The number of aliphatic carboxylic acids is 1. The summed E-state index contributed by atoms with van der Waals surface area (Å²) in [6, 6.07) is 15.4. The Bertz CT molecular complexity index is 972. The van der Waals surface area contributed by atoms with Gasteiger partial charge in [0.1, 0.15) is 12.6 Å². The highest BCUT2D eigenvalue weighted by atomic mass is 32.2. The molecule has 7 nitrogen and oxygen atoms in total. The zero-order valence-corrected chi connectivity index (χ0v) is 19.9. The van der Waals surface area contributed by atoms with Gasteiger partial charge in [-0.3, -0.25) is 9.59 Å². The second-order valence-corrected chi connectivity index (χ2v) is 10.1. The summed E-state index contributed by atoms with van der Waals surface area (Å²) < 4.78 is 5.59. The van der Waals surface area contributed by atoms with Gasteiger partial charge in [0.05, 0.1) is 5.75 Å². The Morgan fingerprint density at radius 2 is 1.61 bits per heavy atom. The number of thioether (sulfide) groups is 1. The van der Waals surface area contributed by atoms with Crippen molar-refractivity contribution in [2.24, 2.45) is 5.41 Å². The number of carbonyl (C=O) groups is 3. The lowest BCUT2D eigenvalue weighted by Crippen LogP contribution is -2.54. The van der Waals surface area contributed by atoms with E-state index in [1.165, 1.54) is 11.8 Å². The van der Waals surface area contributed by atoms with Crippen molar-refractivity contribution in [2.75, 3.05) is 24.7 Å². The molecule has 0 saturated heterocycles. The monoisotopic (exact) mass is 470 g/mol. The van der Waals surface area contributed by atoms with E-state index in [2.05, 4.69) is 34.9 Å². The van der Waals surface area contributed by atoms with Crippen molar-refractivity contribution in [3.63, 3.8) is 0 Å². The maximum atomic E-state index is 12.7. The van der Waals surface area contributed by atoms with Crippen molar-refractivity contribution >= 4 is 29.7 Å². The number of ether oxygens (including phenoxy) is 1. The van der Waals surface area contributed by atoms with Crippen LogP contribution in [-0.4, -0.2) is 53.8 Å². The number of benzene rings is 2. The van der Waals surface area contributed by atoms with Gasteiger partial charge in [-0.05, 0) is 27.7 Å². The number of hydrogen-bond acceptors (Lipinski definition) is 5. The van der Waals surface area contributed by atoms with Crippen molar-refractivity contribution in [3.8, 4) is 11.1 Å². The molecule has 0 fully saturated rings. The molecule has 1 aliphatic rings. The van der Waals surface area contributed by atoms with E-state index < -0.39 is 23.5 Å². The third kappa shape index (κ3) is 6.28. The van der Waals surface area contributed by atoms with Crippen LogP contribution in [0.1, 0.15) is 37.8 Å². The zero-order valence-electron chi connectivity index (χ0n) is 19.1. The van der Waals surface area contributed by atoms with E-state index in [0.29, 0.717) is 12.3 Å². The molecule has 33 heavy (non-hydrogen) atoms. The van der Waals surface area contributed by atoms with Gasteiger partial charge in [0, 0.05) is 18.2 Å². The lowest BCUT2D eigenvalue weighted by molar-refractivity contribution is -0.134. The van der Waals surface area contributed by atoms with Crippen LogP contribution in [0.25, 0.3) is 11.1 Å². The van der Waals surface area contributed by atoms with Crippen LogP contribution in [0.2, 0.25) is 0 Å². The molecule has 8 heteroatoms. The lowest BCUT2D eigenvalue weighted by Gasteiger charge is -2.30. The minimum absolute atomic E-state index is 0.0173. The molecule has 1 atom stereocenters. The van der Waals surface area contributed by atoms with Crippen molar-refractivity contribution in [1.82, 2.24) is 10.6 Å². The van der Waals surface area contributed by atoms with E-state index in [9.17, 15) is 14.4 Å². The van der Waals surface area contributed by atoms with Gasteiger partial charge in [0.2, 0.25) is 5.91 Å². The Balaban J connectivity index is 1.59. The largest absolute Gasteiger partial charge is 0.481 e. The van der Waals surface area contributed by atoms with Gasteiger partial charge in [-0.25, -0.2) is 4.79 Å². The summed E-state index contributed by atoms with van der Waals surface area (Å²) >= 11 is 1.22. The smallest absolute Gasteiger partial charge is 0.407 e. The second-order valence-electron chi connectivity index (χ2n) is 9.01. The molecule has 1 aliphatic carbocycles. The van der Waals surface area contributed by atoms with Crippen molar-refractivity contribution in [3.05, 3.63) is 59.7 Å². The standard InChI is InChI=1S/C25H30N2O5S/c1-25(2,3)22(23(30)26-12-13-33-15-21(28)29)27-24(31)32-14-20-18-10-6-4-8-16(18)17-9-5-7-11-19(17)20/h4-11,20,22H,12-15H2,1-3H3,(H,26,30)(H,27,31)(H,28,29)/t22-/m1/s1. The number of fused-ring (bicyclic) bond motifs is 3. The average Bonchev–Trinajstić information content (AvgIpc) is 3.08. The summed E-state index contributed by atoms with van der Waals surface area (Å²) in [7, 11) is 0. The summed E-state index contributed by atoms with van der Waals surface area (Å²) in [5.41, 5.74) is 4.00. The van der Waals surface area contributed by atoms with Crippen LogP contribution in [0, 0.1) is 5.41 Å². The Morgan fingerprint density at radius 1 is 1.03 bits per heavy atom. The highest BCUT2D eigenvalue weighted by Gasteiger charge is 2.34. The Kier molecular flexibility index (Phi) is 8.02. The topological polar surface area (TPSA) is 105 Å². The van der Waals surface area contributed by atoms with E-state index >= 15 is 0 Å². The third-order valence-electron chi connectivity index (χ3n) is 5.51. The summed E-state index contributed by atoms with van der Waals surface area (Å²) in [6.45, 7) is 6.07. The molecule has 0 radical (unpaired) electrons. The molecule has 0 aromatic heterocycles. The molecular formula is C25H30N2O5S. The van der Waals surface area contributed by atoms with Crippen LogP contribution < -0.4 is 10.6 Å². The molecule has 3 N–H and O–H groups in total. The van der Waals surface area contributed by atoms with Gasteiger partial charge in [-0.15, -0.1) is 11.8 Å². The van der Waals surface area contributed by atoms with Gasteiger partial charge >= 0.3 is 12.1 Å². The van der Waals surface area contributed by atoms with E-state index in [1.54, 1.807) is 0 Å². The number of carboxylic acid groups (broad SMARTS) is 1. The average molecular weight is 471 g/mol. The van der Waals surface area contributed by atoms with Crippen LogP contribution in [0.3, 0.4) is 0 Å². The van der Waals surface area contributed by atoms with Crippen LogP contribution >= 0.6 is 11.8 Å². The highest BCUT2D eigenvalue weighted by Crippen LogP contribution is 2.44. The number of hydrogen-bond donors (Lipinski definition) is 3. The number of nitrogens with one attached hydrogen (secondary N) is 2. The molecule has 0 bridgehead atoms. The van der Waals surface area contributed by atoms with Gasteiger partial charge < -0.3 is 20.5 Å². The fourth-order valence-corrected chi connectivity index (χ4v) is 4.51.